The Morgan fingerprint density at radius 3 is 2.10 bits per heavy atom. The molecular formula is C39H48F6N4O9. The van der Waals surface area contributed by atoms with Gasteiger partial charge in [-0.15, -0.1) is 0 Å². The molecule has 19 heteroatoms. The first-order valence-electron chi connectivity index (χ1n) is 19.7. The van der Waals surface area contributed by atoms with Gasteiger partial charge in [0.25, 0.3) is 0 Å². The molecule has 2 bridgehead atoms. The van der Waals surface area contributed by atoms with Gasteiger partial charge in [0.2, 0.25) is 17.7 Å². The Morgan fingerprint density at radius 1 is 0.931 bits per heavy atom. The molecule has 4 amide bonds. The lowest BCUT2D eigenvalue weighted by Crippen LogP contribution is -2.67. The van der Waals surface area contributed by atoms with Crippen molar-refractivity contribution in [2.75, 3.05) is 59.6 Å². The van der Waals surface area contributed by atoms with Crippen LogP contribution in [0.3, 0.4) is 0 Å². The number of piperidine rings is 1. The minimum absolute atomic E-state index is 0.111. The molecule has 2 N–H and O–H groups in total. The molecule has 0 aromatic heterocycles. The highest BCUT2D eigenvalue weighted by atomic mass is 19.4. The number of benzene rings is 1. The normalized spacial score (nSPS) is 27.5. The Morgan fingerprint density at radius 2 is 1.57 bits per heavy atom. The third kappa shape index (κ3) is 7.72. The van der Waals surface area contributed by atoms with Gasteiger partial charge in [-0.3, -0.25) is 14.4 Å². The highest BCUT2D eigenvalue weighted by molar-refractivity contribution is 5.92. The number of halogens is 6. The molecule has 1 aromatic rings. The second-order valence-corrected chi connectivity index (χ2v) is 17.2. The highest BCUT2D eigenvalue weighted by Gasteiger charge is 2.72. The third-order valence-corrected chi connectivity index (χ3v) is 13.6. The van der Waals surface area contributed by atoms with Crippen molar-refractivity contribution in [1.29, 1.82) is 0 Å². The van der Waals surface area contributed by atoms with Crippen LogP contribution in [0.25, 0.3) is 0 Å². The number of ether oxygens (including phenoxy) is 3. The van der Waals surface area contributed by atoms with Crippen LogP contribution < -0.4 is 5.32 Å². The Labute approximate surface area is 330 Å². The van der Waals surface area contributed by atoms with Gasteiger partial charge in [-0.05, 0) is 81.9 Å². The largest absolute Gasteiger partial charge is 0.465 e. The number of likely N-dealkylation sites (tertiary alicyclic amines) is 3. The molecule has 13 nitrogen and oxygen atoms in total. The second kappa shape index (κ2) is 15.2. The molecule has 58 heavy (non-hydrogen) atoms. The molecule has 0 radical (unpaired) electrons. The molecule has 3 atom stereocenters. The number of fused-ring (bicyclic) bond motifs is 3. The zero-order valence-electron chi connectivity index (χ0n) is 32.3. The SMILES string of the molecule is COC(=O)c1ccc(C2CCN(C(=O)[C@@H](NC(=O)[C@@H]3CN(C(=O)O)CC34CN(C(=O)C3(C(F)(F)F)CC3)C4)[C@@H](C)OCC34CCC(CC3)OC4)CC2)cc1C(F)(F)F. The van der Waals surface area contributed by atoms with Gasteiger partial charge < -0.3 is 39.3 Å². The number of carbonyl (C=O) groups excluding carboxylic acids is 4. The molecule has 0 unspecified atom stereocenters. The average molecular weight is 831 g/mol. The van der Waals surface area contributed by atoms with E-state index in [2.05, 4.69) is 10.1 Å². The van der Waals surface area contributed by atoms with Crippen LogP contribution in [0, 0.1) is 22.2 Å². The second-order valence-electron chi connectivity index (χ2n) is 17.2. The van der Waals surface area contributed by atoms with Crippen LogP contribution in [-0.2, 0) is 34.8 Å². The standard InChI is InChI=1S/C39H48F6N4O9/c1-22(57-20-35-9-5-25(6-10-35)58-21-35)29(31(51)47-13-7-23(8-14-47)24-3-4-26(32(52)56-2)27(15-24)38(40,41)42)46-30(50)28-16-48(34(54)55)17-36(28)18-49(19-36)33(53)37(11-12-37)39(43,44)45/h3-4,15,22-23,25,28-29H,5-14,16-21H2,1-2H3,(H,46,50)(H,54,55)/t22-,25?,28+,29+,35?/m1/s1. The topological polar surface area (TPSA) is 155 Å². The van der Waals surface area contributed by atoms with E-state index in [0.29, 0.717) is 12.2 Å². The number of nitrogens with zero attached hydrogens (tertiary/aromatic N) is 3. The Hall–Kier alpha value is -4.13. The zero-order valence-corrected chi connectivity index (χ0v) is 32.3. The predicted octanol–water partition coefficient (Wildman–Crippen LogP) is 4.83. The van der Waals surface area contributed by atoms with E-state index in [0.717, 1.165) is 54.7 Å². The molecule has 2 saturated carbocycles. The van der Waals surface area contributed by atoms with Gasteiger partial charge in [-0.2, -0.15) is 26.3 Å². The minimum Gasteiger partial charge on any atom is -0.465 e. The number of hydrogen-bond acceptors (Lipinski definition) is 8. The number of nitrogens with one attached hydrogen (secondary N) is 1. The van der Waals surface area contributed by atoms with Crippen LogP contribution in [0.2, 0.25) is 0 Å². The first-order valence-corrected chi connectivity index (χ1v) is 19.7. The van der Waals surface area contributed by atoms with Crippen molar-refractivity contribution in [2.45, 2.75) is 94.8 Å². The number of carboxylic acid groups (broad SMARTS) is 1. The Kier molecular flexibility index (Phi) is 11.0. The summed E-state index contributed by atoms with van der Waals surface area (Å²) in [5.41, 5.74) is -5.32. The number of alkyl halides is 6. The summed E-state index contributed by atoms with van der Waals surface area (Å²) in [4.78, 5) is 69.4. The summed E-state index contributed by atoms with van der Waals surface area (Å²) in [5.74, 6) is -4.94. The summed E-state index contributed by atoms with van der Waals surface area (Å²) < 4.78 is 100. The molecule has 2 aliphatic carbocycles. The molecule has 8 rings (SSSR count). The van der Waals surface area contributed by atoms with E-state index in [1.54, 1.807) is 6.92 Å². The number of hydrogen-bond donors (Lipinski definition) is 2. The fourth-order valence-electron chi connectivity index (χ4n) is 9.70. The lowest BCUT2D eigenvalue weighted by molar-refractivity contribution is -0.205. The van der Waals surface area contributed by atoms with Gasteiger partial charge in [-0.1, -0.05) is 6.07 Å². The molecule has 320 valence electrons. The number of methoxy groups -OCH3 is 1. The van der Waals surface area contributed by atoms with Crippen molar-refractivity contribution in [3.8, 4) is 0 Å². The lowest BCUT2D eigenvalue weighted by atomic mass is 9.70. The van der Waals surface area contributed by atoms with Crippen LogP contribution in [0.4, 0.5) is 31.1 Å². The quantitative estimate of drug-likeness (QED) is 0.250. The molecule has 5 heterocycles. The van der Waals surface area contributed by atoms with E-state index in [1.807, 2.05) is 0 Å². The van der Waals surface area contributed by atoms with Gasteiger partial charge >= 0.3 is 24.4 Å². The minimum atomic E-state index is -4.82. The number of carbonyl (C=O) groups is 5. The molecular weight excluding hydrogens is 782 g/mol. The molecule has 5 aliphatic heterocycles. The summed E-state index contributed by atoms with van der Waals surface area (Å²) in [6, 6.07) is 2.15. The maximum atomic E-state index is 14.4. The van der Waals surface area contributed by atoms with Gasteiger partial charge in [0.15, 0.2) is 0 Å². The van der Waals surface area contributed by atoms with Gasteiger partial charge in [0.05, 0.1) is 49.6 Å². The number of amides is 4. The van der Waals surface area contributed by atoms with E-state index in [4.69, 9.17) is 9.47 Å². The Bertz CT molecular complexity index is 1780. The van der Waals surface area contributed by atoms with Gasteiger partial charge in [0, 0.05) is 50.1 Å². The van der Waals surface area contributed by atoms with Gasteiger partial charge in [-0.25, -0.2) is 9.59 Å². The van der Waals surface area contributed by atoms with Crippen molar-refractivity contribution in [2.24, 2.45) is 22.2 Å². The predicted molar refractivity (Wildman–Crippen MR) is 189 cm³/mol. The maximum absolute atomic E-state index is 14.4. The van der Waals surface area contributed by atoms with E-state index in [9.17, 15) is 55.4 Å². The van der Waals surface area contributed by atoms with Gasteiger partial charge in [0.1, 0.15) is 11.5 Å². The highest BCUT2D eigenvalue weighted by Crippen LogP contribution is 2.60. The number of rotatable bonds is 10. The average Bonchev–Trinajstić information content (AvgIpc) is 3.92. The third-order valence-electron chi connectivity index (χ3n) is 13.6. The van der Waals surface area contributed by atoms with Crippen LogP contribution in [-0.4, -0.2) is 134 Å². The van der Waals surface area contributed by atoms with Crippen LogP contribution >= 0.6 is 0 Å². The lowest BCUT2D eigenvalue weighted by Gasteiger charge is -2.51. The van der Waals surface area contributed by atoms with Crippen molar-refractivity contribution in [3.63, 3.8) is 0 Å². The molecule has 5 saturated heterocycles. The molecule has 7 aliphatic rings. The molecule has 1 spiro atoms. The van der Waals surface area contributed by atoms with Crippen molar-refractivity contribution >= 4 is 29.8 Å². The summed E-state index contributed by atoms with van der Waals surface area (Å²) in [6.45, 7) is 1.57. The van der Waals surface area contributed by atoms with E-state index >= 15 is 0 Å². The van der Waals surface area contributed by atoms with Crippen molar-refractivity contribution in [3.05, 3.63) is 34.9 Å². The number of esters is 1. The first kappa shape index (κ1) is 42.0. The summed E-state index contributed by atoms with van der Waals surface area (Å²) in [5, 5.41) is 12.7. The maximum Gasteiger partial charge on any atom is 0.417 e. The monoisotopic (exact) mass is 830 g/mol. The van der Waals surface area contributed by atoms with Crippen molar-refractivity contribution in [1.82, 2.24) is 20.0 Å². The smallest absolute Gasteiger partial charge is 0.417 e. The van der Waals surface area contributed by atoms with E-state index in [1.165, 1.54) is 11.0 Å². The van der Waals surface area contributed by atoms with Crippen molar-refractivity contribution < 1.29 is 69.6 Å². The fourth-order valence-corrected chi connectivity index (χ4v) is 9.70. The summed E-state index contributed by atoms with van der Waals surface area (Å²) in [7, 11) is 0.990. The Balaban J connectivity index is 1.07. The molecule has 7 fully saturated rings. The van der Waals surface area contributed by atoms with E-state index in [-0.39, 0.29) is 83.1 Å². The summed E-state index contributed by atoms with van der Waals surface area (Å²) in [6.07, 6.45) is -8.30. The fraction of sp³-hybridized carbons (Fsp3) is 0.718. The van der Waals surface area contributed by atoms with E-state index < -0.39 is 88.1 Å². The molecule has 1 aromatic carbocycles. The summed E-state index contributed by atoms with van der Waals surface area (Å²) >= 11 is 0. The van der Waals surface area contributed by atoms with Crippen LogP contribution in [0.5, 0.6) is 0 Å². The van der Waals surface area contributed by atoms with Crippen LogP contribution in [0.1, 0.15) is 85.7 Å². The zero-order chi connectivity index (χ0) is 42.0. The first-order chi connectivity index (χ1) is 27.2. The van der Waals surface area contributed by atoms with Crippen LogP contribution in [0.15, 0.2) is 18.2 Å².